The summed E-state index contributed by atoms with van der Waals surface area (Å²) in [5.41, 5.74) is 0. The van der Waals surface area contributed by atoms with Crippen LogP contribution in [0.25, 0.3) is 0 Å². The van der Waals surface area contributed by atoms with Gasteiger partial charge in [-0.1, -0.05) is 0 Å². The molecule has 0 unspecified atom stereocenters. The van der Waals surface area contributed by atoms with E-state index in [-0.39, 0.29) is 0 Å². The van der Waals surface area contributed by atoms with E-state index in [1.54, 1.807) is 0 Å². The first-order chi connectivity index (χ1) is 8.22. The van der Waals surface area contributed by atoms with Crippen LogP contribution in [0.5, 0.6) is 0 Å². The Labute approximate surface area is 101 Å². The summed E-state index contributed by atoms with van der Waals surface area (Å²) in [7, 11) is 0. The zero-order chi connectivity index (χ0) is 14.5. The lowest BCUT2D eigenvalue weighted by Gasteiger charge is -2.23. The second-order valence-corrected chi connectivity index (χ2v) is 3.44. The highest BCUT2D eigenvalue weighted by Gasteiger charge is 2.36. The predicted molar refractivity (Wildman–Crippen MR) is 52.9 cm³/mol. The number of ether oxygens (including phenoxy) is 1. The minimum Gasteiger partial charge on any atom is -0.394 e. The van der Waals surface area contributed by atoms with Gasteiger partial charge in [-0.05, 0) is 0 Å². The summed E-state index contributed by atoms with van der Waals surface area (Å²) in [6.07, 6.45) is -8.39. The van der Waals surface area contributed by atoms with Crippen molar-refractivity contribution >= 4 is 17.7 Å². The second kappa shape index (κ2) is 7.13. The molecule has 9 heteroatoms. The Morgan fingerprint density at radius 1 is 1.06 bits per heavy atom. The molecule has 0 amide bonds. The van der Waals surface area contributed by atoms with E-state index < -0.39 is 48.7 Å². The van der Waals surface area contributed by atoms with Crippen LogP contribution in [-0.2, 0) is 19.1 Å². The van der Waals surface area contributed by atoms with Crippen LogP contribution in [0, 0.1) is 0 Å². The fraction of sp³-hybridized carbons (Fsp3) is 0.667. The van der Waals surface area contributed by atoms with E-state index >= 15 is 0 Å². The highest BCUT2D eigenvalue weighted by molar-refractivity contribution is 6.34. The third-order valence-electron chi connectivity index (χ3n) is 1.98. The summed E-state index contributed by atoms with van der Waals surface area (Å²) in [4.78, 5) is 32.2. The highest BCUT2D eigenvalue weighted by atomic mass is 16.6. The number of Topliss-reactive ketones (excluding diaryl/α,β-unsaturated/α-hetero) is 1. The monoisotopic (exact) mass is 266 g/mol. The maximum atomic E-state index is 11.1. The molecule has 5 N–H and O–H groups in total. The van der Waals surface area contributed by atoms with Crippen LogP contribution in [-0.4, -0.2) is 74.3 Å². The van der Waals surface area contributed by atoms with Crippen LogP contribution in [0.2, 0.25) is 0 Å². The van der Waals surface area contributed by atoms with Crippen LogP contribution in [0.1, 0.15) is 6.92 Å². The van der Waals surface area contributed by atoms with Gasteiger partial charge in [0.05, 0.1) is 6.61 Å². The van der Waals surface area contributed by atoms with Gasteiger partial charge in [0.25, 0.3) is 0 Å². The first-order valence-corrected chi connectivity index (χ1v) is 4.82. The van der Waals surface area contributed by atoms with Crippen LogP contribution in [0.3, 0.4) is 0 Å². The molecule has 0 rings (SSSR count). The van der Waals surface area contributed by atoms with E-state index in [0.717, 1.165) is 6.92 Å². The van der Waals surface area contributed by atoms with Gasteiger partial charge in [-0.2, -0.15) is 0 Å². The lowest BCUT2D eigenvalue weighted by Crippen LogP contribution is -2.49. The number of hydrogen-bond donors (Lipinski definition) is 5. The Kier molecular flexibility index (Phi) is 6.58. The first-order valence-electron chi connectivity index (χ1n) is 4.82. The number of esters is 2. The van der Waals surface area contributed by atoms with Gasteiger partial charge in [-0.15, -0.1) is 0 Å². The number of aliphatic hydroxyl groups excluding tert-OH is 5. The van der Waals surface area contributed by atoms with Gasteiger partial charge in [-0.3, -0.25) is 4.79 Å². The SMILES string of the molecule is CC(=O)C(=O)OC(=O)[C@@H](O)[C@@H](O)[C@H](O)[C@H](O)CO. The number of aliphatic hydroxyl groups is 5. The number of carbonyl (C=O) groups is 3. The minimum atomic E-state index is -2.36. The molecule has 0 fully saturated rings. The quantitative estimate of drug-likeness (QED) is 0.183. The molecular weight excluding hydrogens is 252 g/mol. The zero-order valence-corrected chi connectivity index (χ0v) is 9.39. The summed E-state index contributed by atoms with van der Waals surface area (Å²) in [5.74, 6) is -4.30. The molecule has 0 aromatic heterocycles. The molecule has 0 spiro atoms. The molecule has 0 saturated carbocycles. The molecule has 0 aliphatic heterocycles. The van der Waals surface area contributed by atoms with E-state index in [1.165, 1.54) is 0 Å². The Hall–Kier alpha value is -1.39. The van der Waals surface area contributed by atoms with Crippen LogP contribution >= 0.6 is 0 Å². The summed E-state index contributed by atoms with van der Waals surface area (Å²) >= 11 is 0. The number of ketones is 1. The second-order valence-electron chi connectivity index (χ2n) is 3.44. The van der Waals surface area contributed by atoms with Gasteiger partial charge in [-0.25, -0.2) is 9.59 Å². The normalized spacial score (nSPS) is 17.4. The van der Waals surface area contributed by atoms with Crippen molar-refractivity contribution in [2.75, 3.05) is 6.61 Å². The lowest BCUT2D eigenvalue weighted by molar-refractivity contribution is -0.178. The Bertz CT molecular complexity index is 326. The average Bonchev–Trinajstić information content (AvgIpc) is 2.34. The molecule has 9 nitrogen and oxygen atoms in total. The maximum absolute atomic E-state index is 11.1. The van der Waals surface area contributed by atoms with Crippen molar-refractivity contribution in [2.24, 2.45) is 0 Å². The van der Waals surface area contributed by atoms with Crippen molar-refractivity contribution in [2.45, 2.75) is 31.3 Å². The van der Waals surface area contributed by atoms with E-state index in [9.17, 15) is 24.6 Å². The third-order valence-corrected chi connectivity index (χ3v) is 1.98. The molecule has 0 aromatic carbocycles. The zero-order valence-electron chi connectivity index (χ0n) is 9.39. The van der Waals surface area contributed by atoms with Crippen molar-refractivity contribution in [3.05, 3.63) is 0 Å². The molecule has 104 valence electrons. The van der Waals surface area contributed by atoms with Crippen molar-refractivity contribution in [3.8, 4) is 0 Å². The summed E-state index contributed by atoms with van der Waals surface area (Å²) in [5, 5.41) is 45.0. The third kappa shape index (κ3) is 4.47. The van der Waals surface area contributed by atoms with Crippen LogP contribution in [0.15, 0.2) is 0 Å². The van der Waals surface area contributed by atoms with Gasteiger partial charge in [0.15, 0.2) is 6.10 Å². The molecule has 0 aliphatic carbocycles. The van der Waals surface area contributed by atoms with Gasteiger partial charge >= 0.3 is 11.9 Å². The average molecular weight is 266 g/mol. The number of hydrogen-bond acceptors (Lipinski definition) is 9. The Morgan fingerprint density at radius 3 is 1.94 bits per heavy atom. The van der Waals surface area contributed by atoms with Crippen molar-refractivity contribution in [1.29, 1.82) is 0 Å². The van der Waals surface area contributed by atoms with Crippen LogP contribution in [0.4, 0.5) is 0 Å². The standard InChI is InChI=1S/C9H14O9/c1-3(11)8(16)18-9(17)7(15)6(14)5(13)4(12)2-10/h4-7,10,12-15H,2H2,1H3/t4-,5-,6+,7+/m1/s1. The lowest BCUT2D eigenvalue weighted by atomic mass is 10.0. The molecular formula is C9H14O9. The first kappa shape index (κ1) is 16.6. The van der Waals surface area contributed by atoms with Crippen molar-refractivity contribution in [3.63, 3.8) is 0 Å². The van der Waals surface area contributed by atoms with Crippen LogP contribution < -0.4 is 0 Å². The predicted octanol–water partition coefficient (Wildman–Crippen LogP) is -3.92. The number of rotatable bonds is 6. The maximum Gasteiger partial charge on any atom is 0.381 e. The minimum absolute atomic E-state index is 0.822. The summed E-state index contributed by atoms with van der Waals surface area (Å²) in [6, 6.07) is 0. The molecule has 0 saturated heterocycles. The molecule has 4 atom stereocenters. The molecule has 18 heavy (non-hydrogen) atoms. The molecule has 0 bridgehead atoms. The van der Waals surface area contributed by atoms with E-state index in [1.807, 2.05) is 0 Å². The van der Waals surface area contributed by atoms with Gasteiger partial charge in [0.1, 0.15) is 18.3 Å². The van der Waals surface area contributed by atoms with E-state index in [0.29, 0.717) is 0 Å². The van der Waals surface area contributed by atoms with Crippen molar-refractivity contribution in [1.82, 2.24) is 0 Å². The van der Waals surface area contributed by atoms with Gasteiger partial charge in [0, 0.05) is 6.92 Å². The Morgan fingerprint density at radius 2 is 1.56 bits per heavy atom. The topological polar surface area (TPSA) is 162 Å². The highest BCUT2D eigenvalue weighted by Crippen LogP contribution is 2.06. The smallest absolute Gasteiger partial charge is 0.381 e. The Balaban J connectivity index is 4.54. The summed E-state index contributed by atoms with van der Waals surface area (Å²) < 4.78 is 3.87. The summed E-state index contributed by atoms with van der Waals surface area (Å²) in [6.45, 7) is -0.102. The van der Waals surface area contributed by atoms with E-state index in [4.69, 9.17) is 15.3 Å². The fourth-order valence-electron chi connectivity index (χ4n) is 0.885. The molecule has 0 radical (unpaired) electrons. The molecule has 0 aliphatic rings. The van der Waals surface area contributed by atoms with E-state index in [2.05, 4.69) is 4.74 Å². The van der Waals surface area contributed by atoms with Gasteiger partial charge in [0.2, 0.25) is 5.78 Å². The molecule has 0 aromatic rings. The molecule has 0 heterocycles. The largest absolute Gasteiger partial charge is 0.394 e. The number of carbonyl (C=O) groups excluding carboxylic acids is 3. The van der Waals surface area contributed by atoms with Gasteiger partial charge < -0.3 is 30.3 Å². The fourth-order valence-corrected chi connectivity index (χ4v) is 0.885. The van der Waals surface area contributed by atoms with Crippen molar-refractivity contribution < 1.29 is 44.7 Å².